The van der Waals surface area contributed by atoms with Gasteiger partial charge in [-0.1, -0.05) is 38.1 Å². The van der Waals surface area contributed by atoms with E-state index in [1.807, 2.05) is 24.3 Å². The molecule has 1 aromatic rings. The first kappa shape index (κ1) is 24.1. The van der Waals surface area contributed by atoms with Gasteiger partial charge in [0, 0.05) is 0 Å². The van der Waals surface area contributed by atoms with Crippen LogP contribution in [0.4, 0.5) is 0 Å². The van der Waals surface area contributed by atoms with Crippen LogP contribution in [0, 0.1) is 5.92 Å². The van der Waals surface area contributed by atoms with Crippen molar-refractivity contribution in [1.82, 2.24) is 16.0 Å². The summed E-state index contributed by atoms with van der Waals surface area (Å²) in [5, 5.41) is 16.0. The van der Waals surface area contributed by atoms with Gasteiger partial charge in [-0.3, -0.25) is 19.2 Å². The fraction of sp³-hybridized carbons (Fsp3) is 0.524. The van der Waals surface area contributed by atoms with E-state index in [2.05, 4.69) is 29.8 Å². The molecule has 0 heterocycles. The number of hydrogen-bond donors (Lipinski definition) is 4. The Morgan fingerprint density at radius 3 is 1.97 bits per heavy atom. The van der Waals surface area contributed by atoms with Gasteiger partial charge in [-0.15, -0.1) is 0 Å². The molecule has 4 N–H and O–H groups in total. The Morgan fingerprint density at radius 2 is 1.45 bits per heavy atom. The lowest BCUT2D eigenvalue weighted by molar-refractivity contribution is -0.141. The summed E-state index contributed by atoms with van der Waals surface area (Å²) in [7, 11) is 0. The van der Waals surface area contributed by atoms with Crippen LogP contribution >= 0.6 is 0 Å². The van der Waals surface area contributed by atoms with E-state index in [-0.39, 0.29) is 12.5 Å². The van der Waals surface area contributed by atoms with E-state index in [1.54, 1.807) is 6.92 Å². The number of amides is 3. The molecule has 0 aliphatic rings. The van der Waals surface area contributed by atoms with E-state index >= 15 is 0 Å². The van der Waals surface area contributed by atoms with Gasteiger partial charge in [-0.05, 0) is 44.2 Å². The Balaban J connectivity index is 2.49. The first-order valence-electron chi connectivity index (χ1n) is 9.70. The highest BCUT2D eigenvalue weighted by atomic mass is 16.4. The van der Waals surface area contributed by atoms with Crippen molar-refractivity contribution in [3.8, 4) is 0 Å². The molecule has 0 aliphatic heterocycles. The average Bonchev–Trinajstić information content (AvgIpc) is 2.65. The van der Waals surface area contributed by atoms with Crippen LogP contribution in [0.25, 0.3) is 0 Å². The Morgan fingerprint density at radius 1 is 0.862 bits per heavy atom. The molecule has 0 bridgehead atoms. The quantitative estimate of drug-likeness (QED) is 0.466. The second kappa shape index (κ2) is 11.2. The topological polar surface area (TPSA) is 125 Å². The highest BCUT2D eigenvalue weighted by molar-refractivity contribution is 5.92. The number of carbonyl (C=O) groups is 4. The first-order valence-corrected chi connectivity index (χ1v) is 9.70. The van der Waals surface area contributed by atoms with Gasteiger partial charge >= 0.3 is 5.97 Å². The fourth-order valence-electron chi connectivity index (χ4n) is 2.64. The fourth-order valence-corrected chi connectivity index (χ4v) is 2.64. The van der Waals surface area contributed by atoms with Crippen LogP contribution in [-0.2, 0) is 25.6 Å². The van der Waals surface area contributed by atoms with Crippen molar-refractivity contribution in [3.63, 3.8) is 0 Å². The van der Waals surface area contributed by atoms with Gasteiger partial charge in [0.2, 0.25) is 17.7 Å². The summed E-state index contributed by atoms with van der Waals surface area (Å²) in [4.78, 5) is 46.9. The molecule has 0 radical (unpaired) electrons. The summed E-state index contributed by atoms with van der Waals surface area (Å²) < 4.78 is 0. The number of benzene rings is 1. The van der Waals surface area contributed by atoms with Crippen molar-refractivity contribution in [1.29, 1.82) is 0 Å². The minimum atomic E-state index is -1.17. The van der Waals surface area contributed by atoms with Crippen molar-refractivity contribution < 1.29 is 24.3 Å². The predicted molar refractivity (Wildman–Crippen MR) is 109 cm³/mol. The second-order valence-corrected chi connectivity index (χ2v) is 7.64. The van der Waals surface area contributed by atoms with E-state index in [9.17, 15) is 19.2 Å². The Bertz CT molecular complexity index is 730. The van der Waals surface area contributed by atoms with Gasteiger partial charge in [-0.25, -0.2) is 0 Å². The van der Waals surface area contributed by atoms with Gasteiger partial charge in [0.15, 0.2) is 0 Å². The normalized spacial score (nSPS) is 13.9. The molecule has 3 amide bonds. The lowest BCUT2D eigenvalue weighted by atomic mass is 9.96. The summed E-state index contributed by atoms with van der Waals surface area (Å²) in [5.41, 5.74) is 2.06. The van der Waals surface area contributed by atoms with E-state index in [0.29, 0.717) is 5.92 Å². The largest absolute Gasteiger partial charge is 0.480 e. The van der Waals surface area contributed by atoms with Crippen LogP contribution in [0.15, 0.2) is 24.3 Å². The summed E-state index contributed by atoms with van der Waals surface area (Å²) in [6.07, 6.45) is 0.970. The monoisotopic (exact) mass is 405 g/mol. The molecule has 0 aliphatic carbocycles. The van der Waals surface area contributed by atoms with Gasteiger partial charge < -0.3 is 21.1 Å². The van der Waals surface area contributed by atoms with Gasteiger partial charge in [-0.2, -0.15) is 0 Å². The standard InChI is InChI=1S/C21H31N3O5/c1-12(2)10-16-6-8-17(9-7-16)13(3)19(26)22-11-18(25)23-14(4)20(27)24-15(5)21(28)29/h6-9,12-15H,10-11H2,1-5H3,(H,22,26)(H,23,25)(H,24,27)(H,28,29)/t13?,14-,15-/m1/s1. The third-order valence-corrected chi connectivity index (χ3v) is 4.44. The molecule has 1 rings (SSSR count). The van der Waals surface area contributed by atoms with Crippen molar-refractivity contribution in [3.05, 3.63) is 35.4 Å². The predicted octanol–water partition coefficient (Wildman–Crippen LogP) is 1.20. The van der Waals surface area contributed by atoms with E-state index < -0.39 is 35.8 Å². The first-order chi connectivity index (χ1) is 13.5. The molecule has 0 saturated heterocycles. The zero-order valence-electron chi connectivity index (χ0n) is 17.6. The lowest BCUT2D eigenvalue weighted by Crippen LogP contribution is -2.51. The van der Waals surface area contributed by atoms with Crippen molar-refractivity contribution in [2.24, 2.45) is 5.92 Å². The molecular weight excluding hydrogens is 374 g/mol. The summed E-state index contributed by atoms with van der Waals surface area (Å²) >= 11 is 0. The van der Waals surface area contributed by atoms with E-state index in [4.69, 9.17) is 5.11 Å². The number of rotatable bonds is 10. The van der Waals surface area contributed by atoms with Crippen molar-refractivity contribution in [2.45, 2.75) is 59.0 Å². The molecule has 8 nitrogen and oxygen atoms in total. The number of hydrogen-bond acceptors (Lipinski definition) is 4. The zero-order valence-corrected chi connectivity index (χ0v) is 17.6. The highest BCUT2D eigenvalue weighted by Crippen LogP contribution is 2.17. The maximum atomic E-state index is 12.3. The molecule has 1 aromatic carbocycles. The third-order valence-electron chi connectivity index (χ3n) is 4.44. The minimum absolute atomic E-state index is 0.277. The smallest absolute Gasteiger partial charge is 0.325 e. The van der Waals surface area contributed by atoms with E-state index in [1.165, 1.54) is 19.4 Å². The number of carbonyl (C=O) groups excluding carboxylic acids is 3. The Labute approximate surface area is 171 Å². The van der Waals surface area contributed by atoms with Crippen LogP contribution in [0.3, 0.4) is 0 Å². The maximum absolute atomic E-state index is 12.3. The molecule has 1 unspecified atom stereocenters. The van der Waals surface area contributed by atoms with Crippen LogP contribution < -0.4 is 16.0 Å². The molecular formula is C21H31N3O5. The van der Waals surface area contributed by atoms with Crippen LogP contribution in [0.2, 0.25) is 0 Å². The third kappa shape index (κ3) is 8.33. The number of nitrogens with one attached hydrogen (secondary N) is 3. The minimum Gasteiger partial charge on any atom is -0.480 e. The molecule has 29 heavy (non-hydrogen) atoms. The number of aliphatic carboxylic acids is 1. The molecule has 0 saturated carbocycles. The molecule has 160 valence electrons. The molecule has 0 fully saturated rings. The summed E-state index contributed by atoms with van der Waals surface area (Å²) in [5.74, 6) is -2.49. The molecule has 8 heteroatoms. The summed E-state index contributed by atoms with van der Waals surface area (Å²) in [6.45, 7) is 8.53. The SMILES string of the molecule is CC(C)Cc1ccc(C(C)C(=O)NCC(=O)N[C@H](C)C(=O)N[C@H](C)C(=O)O)cc1. The zero-order chi connectivity index (χ0) is 22.1. The van der Waals surface area contributed by atoms with Crippen molar-refractivity contribution in [2.75, 3.05) is 6.54 Å². The van der Waals surface area contributed by atoms with Crippen LogP contribution in [0.5, 0.6) is 0 Å². The Kier molecular flexibility index (Phi) is 9.31. The Hall–Kier alpha value is -2.90. The maximum Gasteiger partial charge on any atom is 0.325 e. The second-order valence-electron chi connectivity index (χ2n) is 7.64. The molecule has 0 spiro atoms. The van der Waals surface area contributed by atoms with E-state index in [0.717, 1.165) is 12.0 Å². The molecule has 3 atom stereocenters. The average molecular weight is 405 g/mol. The lowest BCUT2D eigenvalue weighted by Gasteiger charge is -2.17. The van der Waals surface area contributed by atoms with Crippen LogP contribution in [0.1, 0.15) is 51.7 Å². The van der Waals surface area contributed by atoms with Crippen molar-refractivity contribution >= 4 is 23.7 Å². The van der Waals surface area contributed by atoms with Gasteiger partial charge in [0.1, 0.15) is 12.1 Å². The molecule has 0 aromatic heterocycles. The van der Waals surface area contributed by atoms with Gasteiger partial charge in [0.05, 0.1) is 12.5 Å². The highest BCUT2D eigenvalue weighted by Gasteiger charge is 2.21. The number of carboxylic acids is 1. The van der Waals surface area contributed by atoms with Crippen LogP contribution in [-0.4, -0.2) is 47.4 Å². The summed E-state index contributed by atoms with van der Waals surface area (Å²) in [6, 6.07) is 5.85. The van der Waals surface area contributed by atoms with Gasteiger partial charge in [0.25, 0.3) is 0 Å². The number of carboxylic acid groups (broad SMARTS) is 1.